The standard InChI is InChI=1S/C20H25N3O3/c1-13-10-11-23(17-9-5-3-6-14(13)17)18(24)12-26-20(25)19-15-7-2-4-8-16(15)21-22-19/h2,4,7-8,13-14,17H,3,5-6,9-12H2,1H3,(H,21,22). The number of para-hydroxylation sites is 1. The van der Waals surface area contributed by atoms with Crippen LogP contribution in [0.15, 0.2) is 24.3 Å². The number of nitrogens with one attached hydrogen (secondary N) is 1. The average molecular weight is 355 g/mol. The van der Waals surface area contributed by atoms with Crippen molar-refractivity contribution in [1.29, 1.82) is 0 Å². The zero-order valence-electron chi connectivity index (χ0n) is 15.1. The Kier molecular flexibility index (Phi) is 4.66. The first-order valence-corrected chi connectivity index (χ1v) is 9.55. The first-order valence-electron chi connectivity index (χ1n) is 9.55. The van der Waals surface area contributed by atoms with Crippen LogP contribution in [0.4, 0.5) is 0 Å². The number of carbonyl (C=O) groups excluding carboxylic acids is 2. The van der Waals surface area contributed by atoms with Crippen LogP contribution >= 0.6 is 0 Å². The van der Waals surface area contributed by atoms with Crippen molar-refractivity contribution < 1.29 is 14.3 Å². The second-order valence-corrected chi connectivity index (χ2v) is 7.56. The number of hydrogen-bond donors (Lipinski definition) is 1. The van der Waals surface area contributed by atoms with Crippen LogP contribution in [0.2, 0.25) is 0 Å². The number of benzene rings is 1. The first-order chi connectivity index (χ1) is 12.6. The third kappa shape index (κ3) is 3.08. The van der Waals surface area contributed by atoms with Gasteiger partial charge < -0.3 is 9.64 Å². The van der Waals surface area contributed by atoms with Crippen LogP contribution in [0, 0.1) is 11.8 Å². The Morgan fingerprint density at radius 2 is 2.04 bits per heavy atom. The number of hydrogen-bond acceptors (Lipinski definition) is 4. The van der Waals surface area contributed by atoms with Crippen molar-refractivity contribution in [2.75, 3.05) is 13.2 Å². The molecule has 1 aromatic carbocycles. The molecule has 2 heterocycles. The van der Waals surface area contributed by atoms with E-state index in [1.165, 1.54) is 19.3 Å². The monoisotopic (exact) mass is 355 g/mol. The van der Waals surface area contributed by atoms with Gasteiger partial charge in [0.05, 0.1) is 5.52 Å². The molecule has 1 aliphatic heterocycles. The van der Waals surface area contributed by atoms with E-state index in [0.717, 1.165) is 24.9 Å². The number of fused-ring (bicyclic) bond motifs is 2. The van der Waals surface area contributed by atoms with Gasteiger partial charge in [0.2, 0.25) is 0 Å². The molecule has 0 radical (unpaired) electrons. The topological polar surface area (TPSA) is 75.3 Å². The van der Waals surface area contributed by atoms with E-state index in [4.69, 9.17) is 4.74 Å². The van der Waals surface area contributed by atoms with E-state index < -0.39 is 5.97 Å². The minimum atomic E-state index is -0.554. The van der Waals surface area contributed by atoms with Crippen LogP contribution in [0.1, 0.15) is 49.5 Å². The number of nitrogens with zero attached hydrogens (tertiary/aromatic N) is 2. The maximum atomic E-state index is 12.7. The fraction of sp³-hybridized carbons (Fsp3) is 0.550. The predicted molar refractivity (Wildman–Crippen MR) is 97.6 cm³/mol. The number of H-pyrrole nitrogens is 1. The van der Waals surface area contributed by atoms with E-state index in [1.54, 1.807) is 0 Å². The van der Waals surface area contributed by atoms with Crippen LogP contribution < -0.4 is 0 Å². The third-order valence-corrected chi connectivity index (χ3v) is 6.05. The van der Waals surface area contributed by atoms with E-state index in [2.05, 4.69) is 17.1 Å². The summed E-state index contributed by atoms with van der Waals surface area (Å²) in [4.78, 5) is 27.0. The summed E-state index contributed by atoms with van der Waals surface area (Å²) in [5, 5.41) is 7.56. The molecule has 0 bridgehead atoms. The van der Waals surface area contributed by atoms with Crippen molar-refractivity contribution in [3.05, 3.63) is 30.0 Å². The molecule has 3 unspecified atom stereocenters. The Balaban J connectivity index is 1.41. The molecule has 26 heavy (non-hydrogen) atoms. The van der Waals surface area contributed by atoms with Crippen LogP contribution in [-0.4, -0.2) is 46.2 Å². The molecule has 2 aromatic rings. The van der Waals surface area contributed by atoms with Gasteiger partial charge in [-0.2, -0.15) is 5.10 Å². The molecule has 2 aliphatic rings. The summed E-state index contributed by atoms with van der Waals surface area (Å²) in [7, 11) is 0. The minimum absolute atomic E-state index is 0.0815. The van der Waals surface area contributed by atoms with Crippen LogP contribution in [0.5, 0.6) is 0 Å². The Labute approximate surface area is 152 Å². The van der Waals surface area contributed by atoms with Gasteiger partial charge in [0.15, 0.2) is 12.3 Å². The molecule has 1 aromatic heterocycles. The highest BCUT2D eigenvalue weighted by Gasteiger charge is 2.39. The Morgan fingerprint density at radius 1 is 1.23 bits per heavy atom. The third-order valence-electron chi connectivity index (χ3n) is 6.05. The Hall–Kier alpha value is -2.37. The summed E-state index contributed by atoms with van der Waals surface area (Å²) >= 11 is 0. The predicted octanol–water partition coefficient (Wildman–Crippen LogP) is 3.15. The molecular weight excluding hydrogens is 330 g/mol. The quantitative estimate of drug-likeness (QED) is 0.858. The van der Waals surface area contributed by atoms with Crippen LogP contribution in [-0.2, 0) is 9.53 Å². The SMILES string of the molecule is CC1CCN(C(=O)COC(=O)c2n[nH]c3ccccc23)C2CCCCC12. The molecule has 1 aliphatic carbocycles. The van der Waals surface area contributed by atoms with E-state index in [-0.39, 0.29) is 18.2 Å². The summed E-state index contributed by atoms with van der Waals surface area (Å²) < 4.78 is 5.30. The van der Waals surface area contributed by atoms with E-state index in [1.807, 2.05) is 29.2 Å². The summed E-state index contributed by atoms with van der Waals surface area (Å²) in [6, 6.07) is 7.69. The highest BCUT2D eigenvalue weighted by atomic mass is 16.5. The number of ether oxygens (including phenoxy) is 1. The molecule has 1 amide bonds. The number of carbonyl (C=O) groups is 2. The molecule has 138 valence electrons. The highest BCUT2D eigenvalue weighted by molar-refractivity contribution is 6.02. The number of amides is 1. The Morgan fingerprint density at radius 3 is 2.92 bits per heavy atom. The van der Waals surface area contributed by atoms with Crippen molar-refractivity contribution in [2.45, 2.75) is 45.1 Å². The molecule has 6 heteroatoms. The lowest BCUT2D eigenvalue weighted by molar-refractivity contribution is -0.142. The van der Waals surface area contributed by atoms with Crippen molar-refractivity contribution in [2.24, 2.45) is 11.8 Å². The number of aromatic nitrogens is 2. The first kappa shape index (κ1) is 17.1. The number of rotatable bonds is 3. The lowest BCUT2D eigenvalue weighted by Gasteiger charge is -2.47. The van der Waals surface area contributed by atoms with Crippen LogP contribution in [0.25, 0.3) is 10.9 Å². The van der Waals surface area contributed by atoms with Crippen molar-refractivity contribution >= 4 is 22.8 Å². The fourth-order valence-corrected chi connectivity index (χ4v) is 4.62. The molecule has 3 atom stereocenters. The molecule has 1 saturated heterocycles. The molecule has 6 nitrogen and oxygen atoms in total. The smallest absolute Gasteiger partial charge is 0.359 e. The summed E-state index contributed by atoms with van der Waals surface area (Å²) in [5.41, 5.74) is 1.01. The molecular formula is C20H25N3O3. The minimum Gasteiger partial charge on any atom is -0.451 e. The highest BCUT2D eigenvalue weighted by Crippen LogP contribution is 2.38. The van der Waals surface area contributed by atoms with E-state index in [9.17, 15) is 9.59 Å². The zero-order chi connectivity index (χ0) is 18.1. The van der Waals surface area contributed by atoms with Gasteiger partial charge in [-0.15, -0.1) is 0 Å². The normalized spacial score (nSPS) is 25.7. The maximum absolute atomic E-state index is 12.7. The van der Waals surface area contributed by atoms with Gasteiger partial charge in [-0.25, -0.2) is 4.79 Å². The fourth-order valence-electron chi connectivity index (χ4n) is 4.62. The van der Waals surface area contributed by atoms with Gasteiger partial charge in [-0.05, 0) is 37.2 Å². The van der Waals surface area contributed by atoms with Gasteiger partial charge in [-0.1, -0.05) is 38.0 Å². The second-order valence-electron chi connectivity index (χ2n) is 7.56. The summed E-state index contributed by atoms with van der Waals surface area (Å²) in [6.07, 6.45) is 5.74. The van der Waals surface area contributed by atoms with Gasteiger partial charge in [0.25, 0.3) is 5.91 Å². The molecule has 2 fully saturated rings. The number of aromatic amines is 1. The van der Waals surface area contributed by atoms with Gasteiger partial charge in [-0.3, -0.25) is 9.89 Å². The molecule has 0 spiro atoms. The average Bonchev–Trinajstić information content (AvgIpc) is 3.10. The summed E-state index contributed by atoms with van der Waals surface area (Å²) in [5.74, 6) is 0.623. The van der Waals surface area contributed by atoms with Gasteiger partial charge in [0.1, 0.15) is 0 Å². The van der Waals surface area contributed by atoms with E-state index in [0.29, 0.717) is 23.3 Å². The van der Waals surface area contributed by atoms with Gasteiger partial charge >= 0.3 is 5.97 Å². The molecule has 1 saturated carbocycles. The lowest BCUT2D eigenvalue weighted by Crippen LogP contribution is -2.53. The molecule has 4 rings (SSSR count). The Bertz CT molecular complexity index is 815. The maximum Gasteiger partial charge on any atom is 0.359 e. The van der Waals surface area contributed by atoms with E-state index >= 15 is 0 Å². The van der Waals surface area contributed by atoms with Crippen molar-refractivity contribution in [3.8, 4) is 0 Å². The number of piperidine rings is 1. The van der Waals surface area contributed by atoms with Crippen molar-refractivity contribution in [1.82, 2.24) is 15.1 Å². The van der Waals surface area contributed by atoms with Crippen molar-refractivity contribution in [3.63, 3.8) is 0 Å². The lowest BCUT2D eigenvalue weighted by atomic mass is 9.72. The second kappa shape index (κ2) is 7.09. The van der Waals surface area contributed by atoms with Crippen LogP contribution in [0.3, 0.4) is 0 Å². The largest absolute Gasteiger partial charge is 0.451 e. The number of likely N-dealkylation sites (tertiary alicyclic amines) is 1. The summed E-state index contributed by atoms with van der Waals surface area (Å²) in [6.45, 7) is 2.86. The molecule has 1 N–H and O–H groups in total. The van der Waals surface area contributed by atoms with Gasteiger partial charge in [0, 0.05) is 18.0 Å². The number of esters is 1. The zero-order valence-corrected chi connectivity index (χ0v) is 15.1.